The van der Waals surface area contributed by atoms with Crippen LogP contribution in [0.15, 0.2) is 36.4 Å². The largest absolute Gasteiger partial charge is 0.482 e. The van der Waals surface area contributed by atoms with Crippen LogP contribution in [0.25, 0.3) is 0 Å². The van der Waals surface area contributed by atoms with E-state index in [1.165, 1.54) is 0 Å². The second-order valence-electron chi connectivity index (χ2n) is 5.22. The first kappa shape index (κ1) is 16.1. The van der Waals surface area contributed by atoms with Crippen molar-refractivity contribution in [3.8, 4) is 5.75 Å². The van der Waals surface area contributed by atoms with Crippen LogP contribution in [-0.2, 0) is 4.79 Å². The van der Waals surface area contributed by atoms with Gasteiger partial charge in [-0.2, -0.15) is 0 Å². The Bertz CT molecular complexity index is 808. The molecule has 0 aromatic heterocycles. The van der Waals surface area contributed by atoms with Gasteiger partial charge in [0.05, 0.1) is 11.3 Å². The van der Waals surface area contributed by atoms with Crippen LogP contribution in [0, 0.1) is 0 Å². The molecule has 0 fully saturated rings. The van der Waals surface area contributed by atoms with Gasteiger partial charge < -0.3 is 20.7 Å². The lowest BCUT2D eigenvalue weighted by atomic mass is 10.1. The molecule has 2 aromatic carbocycles. The fraction of sp³-hybridized carbons (Fsp3) is 0.176. The minimum absolute atomic E-state index is 0.0384. The summed E-state index contributed by atoms with van der Waals surface area (Å²) in [4.78, 5) is 23.8. The lowest BCUT2D eigenvalue weighted by Crippen LogP contribution is -2.25. The summed E-state index contributed by atoms with van der Waals surface area (Å²) in [6.07, 6.45) is 0. The molecule has 0 bridgehead atoms. The number of hydrogen-bond acceptors (Lipinski definition) is 4. The Balaban J connectivity index is 1.83. The van der Waals surface area contributed by atoms with Gasteiger partial charge in [-0.05, 0) is 37.3 Å². The third kappa shape index (κ3) is 3.44. The first-order chi connectivity index (χ1) is 11.6. The predicted molar refractivity (Wildman–Crippen MR) is 94.1 cm³/mol. The van der Waals surface area contributed by atoms with Gasteiger partial charge in [0.15, 0.2) is 6.61 Å². The smallest absolute Gasteiger partial charge is 0.262 e. The van der Waals surface area contributed by atoms with Crippen molar-refractivity contribution in [2.45, 2.75) is 6.92 Å². The molecule has 124 valence electrons. The maximum atomic E-state index is 12.6. The van der Waals surface area contributed by atoms with E-state index in [1.54, 1.807) is 36.4 Å². The van der Waals surface area contributed by atoms with Crippen LogP contribution in [0.3, 0.4) is 0 Å². The van der Waals surface area contributed by atoms with Gasteiger partial charge >= 0.3 is 0 Å². The number of amides is 2. The van der Waals surface area contributed by atoms with E-state index in [0.29, 0.717) is 39.9 Å². The van der Waals surface area contributed by atoms with Gasteiger partial charge in [0.2, 0.25) is 0 Å². The Labute approximate surface area is 144 Å². The van der Waals surface area contributed by atoms with Crippen LogP contribution in [-0.4, -0.2) is 25.0 Å². The van der Waals surface area contributed by atoms with Gasteiger partial charge in [0.25, 0.3) is 11.8 Å². The SMILES string of the molecule is CCNc1ccc(Cl)cc1C(=O)Nc1ccc2c(c1)OCC(=O)N2. The molecular formula is C17H16ClN3O3. The highest BCUT2D eigenvalue weighted by molar-refractivity contribution is 6.31. The molecule has 0 aliphatic carbocycles. The minimum atomic E-state index is -0.284. The predicted octanol–water partition coefficient (Wildman–Crippen LogP) is 3.36. The molecule has 3 N–H and O–H groups in total. The Kier molecular flexibility index (Phi) is 4.57. The third-order valence-corrected chi connectivity index (χ3v) is 3.70. The van der Waals surface area contributed by atoms with Crippen LogP contribution in [0.1, 0.15) is 17.3 Å². The zero-order chi connectivity index (χ0) is 17.1. The van der Waals surface area contributed by atoms with Crippen molar-refractivity contribution in [3.05, 3.63) is 47.0 Å². The highest BCUT2D eigenvalue weighted by Gasteiger charge is 2.17. The van der Waals surface area contributed by atoms with Crippen LogP contribution in [0.2, 0.25) is 5.02 Å². The number of benzene rings is 2. The maximum Gasteiger partial charge on any atom is 0.262 e. The van der Waals surface area contributed by atoms with Crippen molar-refractivity contribution in [2.75, 3.05) is 29.1 Å². The average Bonchev–Trinajstić information content (AvgIpc) is 2.56. The van der Waals surface area contributed by atoms with E-state index in [-0.39, 0.29) is 18.4 Å². The van der Waals surface area contributed by atoms with Crippen molar-refractivity contribution in [1.29, 1.82) is 0 Å². The summed E-state index contributed by atoms with van der Waals surface area (Å²) in [7, 11) is 0. The summed E-state index contributed by atoms with van der Waals surface area (Å²) in [5.74, 6) is 0.0344. The Morgan fingerprint density at radius 1 is 1.29 bits per heavy atom. The normalized spacial score (nSPS) is 12.7. The summed E-state index contributed by atoms with van der Waals surface area (Å²) in [6.45, 7) is 2.60. The summed E-state index contributed by atoms with van der Waals surface area (Å²) >= 11 is 6.00. The molecule has 7 heteroatoms. The topological polar surface area (TPSA) is 79.5 Å². The number of fused-ring (bicyclic) bond motifs is 1. The zero-order valence-electron chi connectivity index (χ0n) is 13.0. The molecule has 2 aromatic rings. The van der Waals surface area contributed by atoms with Gasteiger partial charge in [0, 0.05) is 29.0 Å². The van der Waals surface area contributed by atoms with Gasteiger partial charge in [-0.25, -0.2) is 0 Å². The summed E-state index contributed by atoms with van der Waals surface area (Å²) in [6, 6.07) is 10.2. The number of carbonyl (C=O) groups is 2. The molecule has 2 amide bonds. The number of rotatable bonds is 4. The summed E-state index contributed by atoms with van der Waals surface area (Å²) < 4.78 is 5.35. The van der Waals surface area contributed by atoms with Gasteiger partial charge in [-0.15, -0.1) is 0 Å². The average molecular weight is 346 g/mol. The molecule has 1 aliphatic rings. The summed E-state index contributed by atoms with van der Waals surface area (Å²) in [5, 5.41) is 9.13. The highest BCUT2D eigenvalue weighted by Crippen LogP contribution is 2.31. The Morgan fingerprint density at radius 2 is 2.12 bits per heavy atom. The monoisotopic (exact) mass is 345 g/mol. The third-order valence-electron chi connectivity index (χ3n) is 3.47. The summed E-state index contributed by atoms with van der Waals surface area (Å²) in [5.41, 5.74) is 2.31. The maximum absolute atomic E-state index is 12.6. The van der Waals surface area contributed by atoms with E-state index in [1.807, 2.05) is 6.92 Å². The number of hydrogen-bond donors (Lipinski definition) is 3. The van der Waals surface area contributed by atoms with Crippen LogP contribution in [0.4, 0.5) is 17.1 Å². The Hall–Kier alpha value is -2.73. The molecule has 0 spiro atoms. The molecule has 3 rings (SSSR count). The fourth-order valence-corrected chi connectivity index (χ4v) is 2.57. The molecule has 6 nitrogen and oxygen atoms in total. The molecule has 0 atom stereocenters. The quantitative estimate of drug-likeness (QED) is 0.794. The standard InChI is InChI=1S/C17H16ClN3O3/c1-2-19-13-5-3-10(18)7-12(13)17(23)20-11-4-6-14-15(8-11)24-9-16(22)21-14/h3-8,19H,2,9H2,1H3,(H,20,23)(H,21,22). The van der Waals surface area contributed by atoms with Crippen molar-refractivity contribution >= 4 is 40.5 Å². The molecule has 1 heterocycles. The van der Waals surface area contributed by atoms with Crippen LogP contribution < -0.4 is 20.7 Å². The molecule has 0 saturated heterocycles. The van der Waals surface area contributed by atoms with E-state index in [2.05, 4.69) is 16.0 Å². The Morgan fingerprint density at radius 3 is 2.92 bits per heavy atom. The van der Waals surface area contributed by atoms with Crippen molar-refractivity contribution < 1.29 is 14.3 Å². The minimum Gasteiger partial charge on any atom is -0.482 e. The van der Waals surface area contributed by atoms with E-state index in [9.17, 15) is 9.59 Å². The van der Waals surface area contributed by atoms with Gasteiger partial charge in [-0.3, -0.25) is 9.59 Å². The molecule has 1 aliphatic heterocycles. The van der Waals surface area contributed by atoms with E-state index < -0.39 is 0 Å². The molecular weight excluding hydrogens is 330 g/mol. The van der Waals surface area contributed by atoms with Crippen LogP contribution in [0.5, 0.6) is 5.75 Å². The van der Waals surface area contributed by atoms with Crippen molar-refractivity contribution in [1.82, 2.24) is 0 Å². The number of halogens is 1. The number of anilines is 3. The molecule has 0 saturated carbocycles. The second-order valence-corrected chi connectivity index (χ2v) is 5.66. The van der Waals surface area contributed by atoms with Gasteiger partial charge in [0.1, 0.15) is 5.75 Å². The van der Waals surface area contributed by atoms with E-state index >= 15 is 0 Å². The molecule has 0 unspecified atom stereocenters. The molecule has 24 heavy (non-hydrogen) atoms. The van der Waals surface area contributed by atoms with E-state index in [0.717, 1.165) is 0 Å². The first-order valence-corrected chi connectivity index (χ1v) is 7.86. The number of nitrogens with one attached hydrogen (secondary N) is 3. The second kappa shape index (κ2) is 6.80. The lowest BCUT2D eigenvalue weighted by Gasteiger charge is -2.19. The zero-order valence-corrected chi connectivity index (χ0v) is 13.7. The van der Waals surface area contributed by atoms with Gasteiger partial charge in [-0.1, -0.05) is 11.6 Å². The first-order valence-electron chi connectivity index (χ1n) is 7.48. The molecule has 0 radical (unpaired) electrons. The van der Waals surface area contributed by atoms with Crippen molar-refractivity contribution in [3.63, 3.8) is 0 Å². The number of carbonyl (C=O) groups excluding carboxylic acids is 2. The highest BCUT2D eigenvalue weighted by atomic mass is 35.5. The van der Waals surface area contributed by atoms with Crippen LogP contribution >= 0.6 is 11.6 Å². The lowest BCUT2D eigenvalue weighted by molar-refractivity contribution is -0.118. The van der Waals surface area contributed by atoms with Crippen molar-refractivity contribution in [2.24, 2.45) is 0 Å². The fourth-order valence-electron chi connectivity index (χ4n) is 2.40. The van der Waals surface area contributed by atoms with E-state index in [4.69, 9.17) is 16.3 Å². The number of ether oxygens (including phenoxy) is 1.